The summed E-state index contributed by atoms with van der Waals surface area (Å²) in [7, 11) is 0. The maximum Gasteiger partial charge on any atom is 0.337 e. The second-order valence-electron chi connectivity index (χ2n) is 4.53. The number of thiocarbonyl (C=S) groups is 1. The first-order valence-corrected chi connectivity index (χ1v) is 9.32. The molecule has 0 aromatic heterocycles. The van der Waals surface area contributed by atoms with E-state index in [9.17, 15) is 14.7 Å². The number of amides is 1. The van der Waals surface area contributed by atoms with Crippen LogP contribution >= 0.6 is 69.0 Å². The van der Waals surface area contributed by atoms with Crippen LogP contribution in [0.15, 0.2) is 36.4 Å². The van der Waals surface area contributed by atoms with E-state index in [2.05, 4.69) is 10.6 Å². The molecule has 1 amide bonds. The van der Waals surface area contributed by atoms with Crippen molar-refractivity contribution < 1.29 is 14.7 Å². The molecule has 0 spiro atoms. The van der Waals surface area contributed by atoms with E-state index < -0.39 is 11.9 Å². The Morgan fingerprint density at radius 3 is 2.50 bits per heavy atom. The molecule has 5 nitrogen and oxygen atoms in total. The maximum atomic E-state index is 12.1. The van der Waals surface area contributed by atoms with Crippen molar-refractivity contribution in [1.82, 2.24) is 5.32 Å². The highest BCUT2D eigenvalue weighted by atomic mass is 127. The largest absolute Gasteiger partial charge is 0.478 e. The Bertz CT molecular complexity index is 845. The van der Waals surface area contributed by atoms with Crippen molar-refractivity contribution in [1.29, 1.82) is 0 Å². The van der Waals surface area contributed by atoms with E-state index in [4.69, 9.17) is 23.8 Å². The molecule has 0 bridgehead atoms. The third-order valence-corrected chi connectivity index (χ3v) is 4.75. The van der Waals surface area contributed by atoms with Gasteiger partial charge in [-0.05, 0) is 87.7 Å². The number of nitrogens with one attached hydrogen (secondary N) is 2. The molecule has 3 N–H and O–H groups in total. The number of benzene rings is 2. The fourth-order valence-electron chi connectivity index (χ4n) is 1.82. The summed E-state index contributed by atoms with van der Waals surface area (Å²) in [4.78, 5) is 23.5. The van der Waals surface area contributed by atoms with Gasteiger partial charge in [0.2, 0.25) is 0 Å². The zero-order valence-electron chi connectivity index (χ0n) is 11.8. The fourth-order valence-corrected chi connectivity index (χ4v) is 4.18. The van der Waals surface area contributed by atoms with Crippen LogP contribution < -0.4 is 10.6 Å². The molecular weight excluding hydrogens is 578 g/mol. The molecule has 0 aliphatic heterocycles. The first kappa shape index (κ1) is 19.3. The van der Waals surface area contributed by atoms with Crippen molar-refractivity contribution in [3.63, 3.8) is 0 Å². The van der Waals surface area contributed by atoms with Gasteiger partial charge in [-0.2, -0.15) is 0 Å². The first-order valence-electron chi connectivity index (χ1n) is 6.38. The highest BCUT2D eigenvalue weighted by Gasteiger charge is 2.17. The number of halogens is 3. The Kier molecular flexibility index (Phi) is 6.78. The second kappa shape index (κ2) is 8.41. The van der Waals surface area contributed by atoms with E-state index in [1.807, 2.05) is 45.2 Å². The summed E-state index contributed by atoms with van der Waals surface area (Å²) in [6.45, 7) is 0. The summed E-state index contributed by atoms with van der Waals surface area (Å²) >= 11 is 15.0. The lowest BCUT2D eigenvalue weighted by atomic mass is 10.2. The van der Waals surface area contributed by atoms with Crippen molar-refractivity contribution >= 4 is 91.7 Å². The minimum Gasteiger partial charge on any atom is -0.478 e. The molecule has 124 valence electrons. The normalized spacial score (nSPS) is 10.1. The molecule has 0 fully saturated rings. The van der Waals surface area contributed by atoms with Crippen LogP contribution in [0.3, 0.4) is 0 Å². The average molecular weight is 587 g/mol. The van der Waals surface area contributed by atoms with Gasteiger partial charge in [0.05, 0.1) is 11.3 Å². The highest BCUT2D eigenvalue weighted by molar-refractivity contribution is 14.1. The molecule has 2 rings (SSSR count). The summed E-state index contributed by atoms with van der Waals surface area (Å²) in [5.74, 6) is -1.52. The van der Waals surface area contributed by atoms with Crippen LogP contribution in [0.4, 0.5) is 5.69 Å². The van der Waals surface area contributed by atoms with Crippen molar-refractivity contribution in [2.75, 3.05) is 5.32 Å². The van der Waals surface area contributed by atoms with Gasteiger partial charge in [-0.25, -0.2) is 4.79 Å². The Balaban J connectivity index is 2.18. The summed E-state index contributed by atoms with van der Waals surface area (Å²) in [6, 6.07) is 9.74. The van der Waals surface area contributed by atoms with E-state index in [-0.39, 0.29) is 10.7 Å². The van der Waals surface area contributed by atoms with Gasteiger partial charge in [0.15, 0.2) is 5.11 Å². The van der Waals surface area contributed by atoms with E-state index in [1.165, 1.54) is 12.1 Å². The second-order valence-corrected chi connectivity index (χ2v) is 7.79. The van der Waals surface area contributed by atoms with Crippen LogP contribution in [0.25, 0.3) is 0 Å². The van der Waals surface area contributed by atoms with Crippen LogP contribution in [-0.2, 0) is 0 Å². The molecule has 0 saturated carbocycles. The maximum absolute atomic E-state index is 12.1. The number of hydrogen-bond acceptors (Lipinski definition) is 3. The molecule has 0 aliphatic carbocycles. The van der Waals surface area contributed by atoms with E-state index in [0.29, 0.717) is 19.8 Å². The quantitative estimate of drug-likeness (QED) is 0.368. The minimum atomic E-state index is -1.09. The number of carboxylic acid groups (broad SMARTS) is 1. The lowest BCUT2D eigenvalue weighted by Crippen LogP contribution is -2.34. The molecule has 2 aromatic carbocycles. The molecule has 0 atom stereocenters. The van der Waals surface area contributed by atoms with Crippen molar-refractivity contribution in [2.24, 2.45) is 0 Å². The van der Waals surface area contributed by atoms with Gasteiger partial charge in [-0.1, -0.05) is 17.7 Å². The van der Waals surface area contributed by atoms with Crippen LogP contribution in [0.5, 0.6) is 0 Å². The third-order valence-electron chi connectivity index (χ3n) is 2.84. The lowest BCUT2D eigenvalue weighted by molar-refractivity contribution is 0.0697. The zero-order valence-corrected chi connectivity index (χ0v) is 17.7. The molecule has 9 heteroatoms. The van der Waals surface area contributed by atoms with Crippen LogP contribution in [-0.4, -0.2) is 22.1 Å². The Labute approximate surface area is 175 Å². The van der Waals surface area contributed by atoms with Gasteiger partial charge < -0.3 is 10.4 Å². The van der Waals surface area contributed by atoms with Gasteiger partial charge in [-0.15, -0.1) is 0 Å². The van der Waals surface area contributed by atoms with E-state index >= 15 is 0 Å². The number of rotatable bonds is 3. The molecular formula is C15H9ClI2N2O3S. The van der Waals surface area contributed by atoms with Crippen molar-refractivity contribution in [3.05, 3.63) is 59.7 Å². The first-order chi connectivity index (χ1) is 11.3. The van der Waals surface area contributed by atoms with E-state index in [0.717, 1.165) is 3.57 Å². The van der Waals surface area contributed by atoms with Gasteiger partial charge in [0, 0.05) is 17.7 Å². The highest BCUT2D eigenvalue weighted by Crippen LogP contribution is 2.26. The minimum absolute atomic E-state index is 0.00148. The average Bonchev–Trinajstić information content (AvgIpc) is 2.49. The number of carboxylic acids is 1. The molecule has 0 unspecified atom stereocenters. The molecule has 0 radical (unpaired) electrons. The number of aromatic carboxylic acids is 1. The molecule has 24 heavy (non-hydrogen) atoms. The van der Waals surface area contributed by atoms with Crippen molar-refractivity contribution in [3.8, 4) is 0 Å². The predicted octanol–water partition coefficient (Wildman–Crippen LogP) is 4.37. The van der Waals surface area contributed by atoms with Crippen LogP contribution in [0.2, 0.25) is 5.02 Å². The topological polar surface area (TPSA) is 78.4 Å². The molecule has 0 aliphatic rings. The Hall–Kier alpha value is -0.980. The molecule has 0 heterocycles. The number of carbonyl (C=O) groups is 2. The fraction of sp³-hybridized carbons (Fsp3) is 0. The summed E-state index contributed by atoms with van der Waals surface area (Å²) in [5.41, 5.74) is 0.757. The zero-order chi connectivity index (χ0) is 17.9. The molecule has 0 saturated heterocycles. The lowest BCUT2D eigenvalue weighted by Gasteiger charge is -2.14. The van der Waals surface area contributed by atoms with Crippen LogP contribution in [0.1, 0.15) is 20.7 Å². The van der Waals surface area contributed by atoms with Gasteiger partial charge in [0.25, 0.3) is 5.91 Å². The van der Waals surface area contributed by atoms with Crippen LogP contribution in [0, 0.1) is 7.14 Å². The smallest absolute Gasteiger partial charge is 0.337 e. The predicted molar refractivity (Wildman–Crippen MR) is 114 cm³/mol. The summed E-state index contributed by atoms with van der Waals surface area (Å²) in [6.07, 6.45) is 0. The van der Waals surface area contributed by atoms with Gasteiger partial charge >= 0.3 is 5.97 Å². The van der Waals surface area contributed by atoms with E-state index in [1.54, 1.807) is 24.3 Å². The van der Waals surface area contributed by atoms with Gasteiger partial charge in [0.1, 0.15) is 0 Å². The van der Waals surface area contributed by atoms with Gasteiger partial charge in [-0.3, -0.25) is 10.1 Å². The summed E-state index contributed by atoms with van der Waals surface area (Å²) < 4.78 is 1.46. The standard InChI is InChI=1S/C15H9ClI2N2O3S/c16-8-3-1-2-7(4-8)13(21)20-15(24)19-12-10(14(22)23)5-9(17)6-11(12)18/h1-6H,(H,22,23)(H2,19,20,21,24). The monoisotopic (exact) mass is 586 g/mol. The molecule has 2 aromatic rings. The third kappa shape index (κ3) is 5.01. The SMILES string of the molecule is O=C(NC(=S)Nc1c(I)cc(I)cc1C(=O)O)c1cccc(Cl)c1. The number of anilines is 1. The number of carbonyl (C=O) groups excluding carboxylic acids is 1. The van der Waals surface area contributed by atoms with Crippen molar-refractivity contribution in [2.45, 2.75) is 0 Å². The summed E-state index contributed by atoms with van der Waals surface area (Å²) in [5, 5.41) is 15.0. The number of hydrogen-bond donors (Lipinski definition) is 3. The Morgan fingerprint density at radius 2 is 1.88 bits per heavy atom. The Morgan fingerprint density at radius 1 is 1.17 bits per heavy atom.